The minimum Gasteiger partial charge on any atom is -0.480 e. The van der Waals surface area contributed by atoms with Gasteiger partial charge in [-0.3, -0.25) is 0 Å². The number of aryl methyl sites for hydroxylation is 1. The summed E-state index contributed by atoms with van der Waals surface area (Å²) < 4.78 is 18.0. The molecule has 4 nitrogen and oxygen atoms in total. The Hall–Kier alpha value is -1.62. The maximum Gasteiger partial charge on any atom is 0.328 e. The molecule has 0 aliphatic carbocycles. The summed E-state index contributed by atoms with van der Waals surface area (Å²) in [5.74, 6) is -1.41. The van der Waals surface area contributed by atoms with Crippen LogP contribution < -0.4 is 5.32 Å². The molecule has 1 rings (SSSR count). The highest BCUT2D eigenvalue weighted by Gasteiger charge is 2.16. The molecule has 0 saturated carbocycles. The normalized spacial score (nSPS) is 12.2. The van der Waals surface area contributed by atoms with Crippen molar-refractivity contribution in [1.82, 2.24) is 0 Å². The molecule has 0 aliphatic rings. The van der Waals surface area contributed by atoms with Crippen LogP contribution in [-0.4, -0.2) is 30.8 Å². The van der Waals surface area contributed by atoms with Gasteiger partial charge in [0, 0.05) is 12.8 Å². The first-order chi connectivity index (χ1) is 7.54. The van der Waals surface area contributed by atoms with Crippen molar-refractivity contribution in [3.05, 3.63) is 29.6 Å². The number of carboxylic acids is 1. The van der Waals surface area contributed by atoms with Crippen LogP contribution in [0.2, 0.25) is 0 Å². The lowest BCUT2D eigenvalue weighted by molar-refractivity contribution is -0.139. The molecule has 88 valence electrons. The first-order valence-electron chi connectivity index (χ1n) is 4.79. The zero-order valence-corrected chi connectivity index (χ0v) is 9.16. The highest BCUT2D eigenvalue weighted by molar-refractivity contribution is 5.77. The van der Waals surface area contributed by atoms with Crippen LogP contribution in [0.15, 0.2) is 18.2 Å². The molecule has 0 amide bonds. The van der Waals surface area contributed by atoms with Gasteiger partial charge in [-0.15, -0.1) is 0 Å². The van der Waals surface area contributed by atoms with E-state index < -0.39 is 12.0 Å². The number of halogens is 1. The van der Waals surface area contributed by atoms with Gasteiger partial charge in [-0.1, -0.05) is 6.07 Å². The number of anilines is 1. The Morgan fingerprint density at radius 1 is 1.62 bits per heavy atom. The van der Waals surface area contributed by atoms with Gasteiger partial charge in [0.15, 0.2) is 0 Å². The molecule has 0 aliphatic heterocycles. The van der Waals surface area contributed by atoms with Gasteiger partial charge < -0.3 is 15.2 Å². The smallest absolute Gasteiger partial charge is 0.328 e. The van der Waals surface area contributed by atoms with Gasteiger partial charge in [-0.05, 0) is 24.6 Å². The summed E-state index contributed by atoms with van der Waals surface area (Å²) in [4.78, 5) is 10.8. The van der Waals surface area contributed by atoms with Gasteiger partial charge >= 0.3 is 5.97 Å². The Kier molecular flexibility index (Phi) is 4.25. The number of rotatable bonds is 5. The first-order valence-corrected chi connectivity index (χ1v) is 4.79. The quantitative estimate of drug-likeness (QED) is 0.803. The number of hydrogen-bond donors (Lipinski definition) is 2. The molecule has 1 aromatic carbocycles. The number of methoxy groups -OCH3 is 1. The van der Waals surface area contributed by atoms with E-state index in [0.29, 0.717) is 11.3 Å². The average Bonchev–Trinajstić information content (AvgIpc) is 2.22. The van der Waals surface area contributed by atoms with E-state index in [1.807, 2.05) is 0 Å². The standard InChI is InChI=1S/C11H14FNO3/c1-7-3-4-8(5-9(7)12)13-10(6-16-2)11(14)15/h3-5,10,13H,6H2,1-2H3,(H,14,15). The van der Waals surface area contributed by atoms with Gasteiger partial charge in [0.1, 0.15) is 11.9 Å². The molecule has 0 aromatic heterocycles. The summed E-state index contributed by atoms with van der Waals surface area (Å²) >= 11 is 0. The van der Waals surface area contributed by atoms with Crippen LogP contribution >= 0.6 is 0 Å². The molecule has 1 unspecified atom stereocenters. The van der Waals surface area contributed by atoms with Crippen LogP contribution in [0.1, 0.15) is 5.56 Å². The minimum absolute atomic E-state index is 0.0187. The fraction of sp³-hybridized carbons (Fsp3) is 0.364. The lowest BCUT2D eigenvalue weighted by Gasteiger charge is -2.15. The molecular weight excluding hydrogens is 213 g/mol. The molecule has 0 spiro atoms. The third-order valence-corrected chi connectivity index (χ3v) is 2.14. The van der Waals surface area contributed by atoms with Crippen LogP contribution in [0.3, 0.4) is 0 Å². The second-order valence-electron chi connectivity index (χ2n) is 3.45. The Balaban J connectivity index is 2.77. The maximum absolute atomic E-state index is 13.2. The van der Waals surface area contributed by atoms with Crippen molar-refractivity contribution in [1.29, 1.82) is 0 Å². The van der Waals surface area contributed by atoms with Crippen molar-refractivity contribution in [2.75, 3.05) is 19.0 Å². The predicted molar refractivity (Wildman–Crippen MR) is 58.1 cm³/mol. The summed E-state index contributed by atoms with van der Waals surface area (Å²) in [6.45, 7) is 1.66. The molecule has 5 heteroatoms. The molecule has 0 heterocycles. The van der Waals surface area contributed by atoms with E-state index >= 15 is 0 Å². The van der Waals surface area contributed by atoms with Gasteiger partial charge in [0.25, 0.3) is 0 Å². The van der Waals surface area contributed by atoms with Crippen molar-refractivity contribution in [3.63, 3.8) is 0 Å². The molecule has 1 aromatic rings. The van der Waals surface area contributed by atoms with Crippen molar-refractivity contribution < 1.29 is 19.0 Å². The number of ether oxygens (including phenoxy) is 1. The lowest BCUT2D eigenvalue weighted by atomic mass is 10.2. The molecule has 0 saturated heterocycles. The topological polar surface area (TPSA) is 58.6 Å². The van der Waals surface area contributed by atoms with E-state index in [-0.39, 0.29) is 12.4 Å². The maximum atomic E-state index is 13.2. The summed E-state index contributed by atoms with van der Waals surface area (Å²) in [6.07, 6.45) is 0. The molecule has 2 N–H and O–H groups in total. The van der Waals surface area contributed by atoms with E-state index in [2.05, 4.69) is 5.32 Å². The Morgan fingerprint density at radius 2 is 2.31 bits per heavy atom. The molecule has 0 bridgehead atoms. The molecule has 16 heavy (non-hydrogen) atoms. The summed E-state index contributed by atoms with van der Waals surface area (Å²) in [5.41, 5.74) is 0.941. The molecule has 0 radical (unpaired) electrons. The van der Waals surface area contributed by atoms with Crippen molar-refractivity contribution in [2.45, 2.75) is 13.0 Å². The Bertz CT molecular complexity index is 381. The fourth-order valence-corrected chi connectivity index (χ4v) is 1.23. The molecule has 1 atom stereocenters. The van der Waals surface area contributed by atoms with E-state index in [4.69, 9.17) is 9.84 Å². The fourth-order valence-electron chi connectivity index (χ4n) is 1.23. The van der Waals surface area contributed by atoms with Gasteiger partial charge in [0.05, 0.1) is 6.61 Å². The number of hydrogen-bond acceptors (Lipinski definition) is 3. The van der Waals surface area contributed by atoms with E-state index in [9.17, 15) is 9.18 Å². The third-order valence-electron chi connectivity index (χ3n) is 2.14. The second kappa shape index (κ2) is 5.46. The second-order valence-corrected chi connectivity index (χ2v) is 3.45. The first kappa shape index (κ1) is 12.4. The zero-order valence-electron chi connectivity index (χ0n) is 9.16. The van der Waals surface area contributed by atoms with Crippen LogP contribution in [-0.2, 0) is 9.53 Å². The number of nitrogens with one attached hydrogen (secondary N) is 1. The highest BCUT2D eigenvalue weighted by atomic mass is 19.1. The van der Waals surface area contributed by atoms with Gasteiger partial charge in [0.2, 0.25) is 0 Å². The average molecular weight is 227 g/mol. The lowest BCUT2D eigenvalue weighted by Crippen LogP contribution is -2.33. The van der Waals surface area contributed by atoms with E-state index in [1.165, 1.54) is 13.2 Å². The number of carboxylic acid groups (broad SMARTS) is 1. The Labute approximate surface area is 93.0 Å². The highest BCUT2D eigenvalue weighted by Crippen LogP contribution is 2.14. The van der Waals surface area contributed by atoms with Crippen LogP contribution in [0.4, 0.5) is 10.1 Å². The number of carbonyl (C=O) groups is 1. The van der Waals surface area contributed by atoms with Gasteiger partial charge in [-0.25, -0.2) is 9.18 Å². The van der Waals surface area contributed by atoms with Crippen LogP contribution in [0.25, 0.3) is 0 Å². The molecule has 0 fully saturated rings. The number of aliphatic carboxylic acids is 1. The van der Waals surface area contributed by atoms with E-state index in [0.717, 1.165) is 0 Å². The largest absolute Gasteiger partial charge is 0.480 e. The summed E-state index contributed by atoms with van der Waals surface area (Å²) in [7, 11) is 1.41. The Morgan fingerprint density at radius 3 is 2.81 bits per heavy atom. The van der Waals surface area contributed by atoms with Crippen molar-refractivity contribution in [3.8, 4) is 0 Å². The monoisotopic (exact) mass is 227 g/mol. The SMILES string of the molecule is COCC(Nc1ccc(C)c(F)c1)C(=O)O. The summed E-state index contributed by atoms with van der Waals surface area (Å²) in [6, 6.07) is 3.60. The van der Waals surface area contributed by atoms with Gasteiger partial charge in [-0.2, -0.15) is 0 Å². The number of benzene rings is 1. The van der Waals surface area contributed by atoms with Crippen LogP contribution in [0, 0.1) is 12.7 Å². The van der Waals surface area contributed by atoms with Crippen molar-refractivity contribution >= 4 is 11.7 Å². The van der Waals surface area contributed by atoms with Crippen molar-refractivity contribution in [2.24, 2.45) is 0 Å². The van der Waals surface area contributed by atoms with Crippen LogP contribution in [0.5, 0.6) is 0 Å². The minimum atomic E-state index is -1.04. The zero-order chi connectivity index (χ0) is 12.1. The predicted octanol–water partition coefficient (Wildman–Crippen LogP) is 1.65. The summed E-state index contributed by atoms with van der Waals surface area (Å²) in [5, 5.41) is 11.5. The van der Waals surface area contributed by atoms with E-state index in [1.54, 1.807) is 19.1 Å². The molecular formula is C11H14FNO3. The third kappa shape index (κ3) is 3.20.